The molecule has 4 rings (SSSR count). The summed E-state index contributed by atoms with van der Waals surface area (Å²) in [6.45, 7) is 4.56. The maximum atomic E-state index is 4.74. The zero-order chi connectivity index (χ0) is 10.9. The Labute approximate surface area is 95.3 Å². The molecule has 2 heteroatoms. The van der Waals surface area contributed by atoms with Crippen molar-refractivity contribution < 1.29 is 0 Å². The van der Waals surface area contributed by atoms with E-state index >= 15 is 0 Å². The van der Waals surface area contributed by atoms with Gasteiger partial charge in [-0.05, 0) is 30.2 Å². The summed E-state index contributed by atoms with van der Waals surface area (Å²) in [4.78, 5) is 7.19. The fourth-order valence-electron chi connectivity index (χ4n) is 3.45. The van der Waals surface area contributed by atoms with E-state index in [1.165, 1.54) is 16.8 Å². The predicted molar refractivity (Wildman–Crippen MR) is 67.1 cm³/mol. The van der Waals surface area contributed by atoms with E-state index in [0.717, 1.165) is 5.84 Å². The molecule has 0 radical (unpaired) electrons. The molecule has 1 aromatic carbocycles. The summed E-state index contributed by atoms with van der Waals surface area (Å²) < 4.78 is 0. The van der Waals surface area contributed by atoms with Crippen LogP contribution < -0.4 is 4.90 Å². The van der Waals surface area contributed by atoms with Gasteiger partial charge < -0.3 is 4.90 Å². The minimum absolute atomic E-state index is 0.410. The first kappa shape index (κ1) is 8.57. The van der Waals surface area contributed by atoms with Crippen LogP contribution in [0.1, 0.15) is 30.9 Å². The third kappa shape index (κ3) is 0.787. The number of aliphatic imine (C=N–C) groups is 1. The average Bonchev–Trinajstić information content (AvgIpc) is 2.77. The second kappa shape index (κ2) is 2.57. The first-order chi connectivity index (χ1) is 7.77. The zero-order valence-corrected chi connectivity index (χ0v) is 9.51. The fraction of sp³-hybridized carbons (Fsp3) is 0.357. The number of amidine groups is 1. The summed E-state index contributed by atoms with van der Waals surface area (Å²) in [5, 5.41) is 0. The van der Waals surface area contributed by atoms with Crippen molar-refractivity contribution in [2.45, 2.75) is 31.8 Å². The first-order valence-corrected chi connectivity index (χ1v) is 5.95. The van der Waals surface area contributed by atoms with Gasteiger partial charge in [0.15, 0.2) is 0 Å². The van der Waals surface area contributed by atoms with Gasteiger partial charge in [0.1, 0.15) is 5.84 Å². The molecule has 0 N–H and O–H groups in total. The summed E-state index contributed by atoms with van der Waals surface area (Å²) >= 11 is 0. The lowest BCUT2D eigenvalue weighted by Crippen LogP contribution is -2.37. The molecule has 2 nitrogen and oxygen atoms in total. The van der Waals surface area contributed by atoms with Crippen LogP contribution in [0.15, 0.2) is 29.3 Å². The van der Waals surface area contributed by atoms with Crippen LogP contribution in [0, 0.1) is 0 Å². The van der Waals surface area contributed by atoms with Gasteiger partial charge in [-0.3, -0.25) is 4.99 Å². The topological polar surface area (TPSA) is 15.6 Å². The molecule has 0 aromatic heterocycles. The van der Waals surface area contributed by atoms with Crippen LogP contribution in [-0.2, 0) is 0 Å². The van der Waals surface area contributed by atoms with Crippen molar-refractivity contribution in [3.8, 4) is 0 Å². The number of para-hydroxylation sites is 1. The number of rotatable bonds is 0. The molecule has 1 aromatic rings. The highest BCUT2D eigenvalue weighted by Crippen LogP contribution is 2.49. The Morgan fingerprint density at radius 3 is 2.94 bits per heavy atom. The molecule has 3 unspecified atom stereocenters. The zero-order valence-electron chi connectivity index (χ0n) is 9.51. The van der Waals surface area contributed by atoms with E-state index in [4.69, 9.17) is 4.99 Å². The summed E-state index contributed by atoms with van der Waals surface area (Å²) in [5.41, 5.74) is 4.25. The molecule has 0 saturated carbocycles. The van der Waals surface area contributed by atoms with Crippen LogP contribution in [0.3, 0.4) is 0 Å². The smallest absolute Gasteiger partial charge is 0.128 e. The molecule has 80 valence electrons. The standard InChI is InChI=1S/C14H14N2/c1-8-11-5-3-4-10-6-7-12-15-9(2)13(8)16(12)14(10)11/h3-9,13H,1-2H3. The normalized spacial score (nSPS) is 33.0. The fourth-order valence-corrected chi connectivity index (χ4v) is 3.45. The quantitative estimate of drug-likeness (QED) is 0.643. The minimum Gasteiger partial charge on any atom is -0.320 e. The Hall–Kier alpha value is -1.57. The second-order valence-electron chi connectivity index (χ2n) is 5.00. The van der Waals surface area contributed by atoms with Gasteiger partial charge in [-0.2, -0.15) is 0 Å². The Morgan fingerprint density at radius 1 is 1.19 bits per heavy atom. The molecule has 0 aliphatic carbocycles. The molecule has 3 heterocycles. The van der Waals surface area contributed by atoms with Crippen molar-refractivity contribution in [1.82, 2.24) is 0 Å². The van der Waals surface area contributed by atoms with Crippen LogP contribution in [0.4, 0.5) is 5.69 Å². The maximum Gasteiger partial charge on any atom is 0.128 e. The molecule has 3 aliphatic rings. The van der Waals surface area contributed by atoms with E-state index in [9.17, 15) is 0 Å². The van der Waals surface area contributed by atoms with E-state index in [2.05, 4.69) is 49.1 Å². The Kier molecular flexibility index (Phi) is 1.37. The maximum absolute atomic E-state index is 4.74. The van der Waals surface area contributed by atoms with Gasteiger partial charge in [0.2, 0.25) is 0 Å². The van der Waals surface area contributed by atoms with Gasteiger partial charge in [-0.1, -0.05) is 25.1 Å². The van der Waals surface area contributed by atoms with Crippen LogP contribution in [0.25, 0.3) is 6.08 Å². The van der Waals surface area contributed by atoms with Crippen molar-refractivity contribution in [3.05, 3.63) is 35.4 Å². The Balaban J connectivity index is 2.07. The molecule has 0 bridgehead atoms. The number of nitrogens with zero attached hydrogens (tertiary/aromatic N) is 2. The SMILES string of the molecule is CC1N=C2C=Cc3cccc4c3N2C1C4C. The van der Waals surface area contributed by atoms with Gasteiger partial charge in [0, 0.05) is 5.92 Å². The molecule has 3 aliphatic heterocycles. The average molecular weight is 210 g/mol. The highest BCUT2D eigenvalue weighted by Gasteiger charge is 2.46. The van der Waals surface area contributed by atoms with Crippen LogP contribution in [-0.4, -0.2) is 17.9 Å². The van der Waals surface area contributed by atoms with Gasteiger partial charge >= 0.3 is 0 Å². The van der Waals surface area contributed by atoms with E-state index < -0.39 is 0 Å². The summed E-state index contributed by atoms with van der Waals surface area (Å²) in [6.07, 6.45) is 4.35. The summed E-state index contributed by atoms with van der Waals surface area (Å²) in [7, 11) is 0. The van der Waals surface area contributed by atoms with E-state index in [1.807, 2.05) is 0 Å². The third-order valence-corrected chi connectivity index (χ3v) is 4.13. The summed E-state index contributed by atoms with van der Waals surface area (Å²) in [6, 6.07) is 7.59. The third-order valence-electron chi connectivity index (χ3n) is 4.13. The lowest BCUT2D eigenvalue weighted by atomic mass is 9.93. The van der Waals surface area contributed by atoms with Gasteiger partial charge in [-0.25, -0.2) is 0 Å². The van der Waals surface area contributed by atoms with E-state index in [-0.39, 0.29) is 0 Å². The molecule has 0 amide bonds. The number of hydrogen-bond donors (Lipinski definition) is 0. The van der Waals surface area contributed by atoms with Crippen LogP contribution in [0.5, 0.6) is 0 Å². The molecule has 16 heavy (non-hydrogen) atoms. The minimum atomic E-state index is 0.410. The molecular weight excluding hydrogens is 196 g/mol. The number of benzene rings is 1. The highest BCUT2D eigenvalue weighted by molar-refractivity contribution is 6.15. The monoisotopic (exact) mass is 210 g/mol. The molecule has 0 saturated heterocycles. The Morgan fingerprint density at radius 2 is 2.06 bits per heavy atom. The van der Waals surface area contributed by atoms with Crippen molar-refractivity contribution in [1.29, 1.82) is 0 Å². The lowest BCUT2D eigenvalue weighted by Gasteiger charge is -2.26. The first-order valence-electron chi connectivity index (χ1n) is 5.95. The van der Waals surface area contributed by atoms with E-state index in [0.29, 0.717) is 18.0 Å². The summed E-state index contributed by atoms with van der Waals surface area (Å²) in [5.74, 6) is 1.74. The molecule has 3 atom stereocenters. The van der Waals surface area contributed by atoms with Crippen molar-refractivity contribution in [2.24, 2.45) is 4.99 Å². The molecular formula is C14H14N2. The van der Waals surface area contributed by atoms with Gasteiger partial charge in [0.05, 0.1) is 17.8 Å². The number of hydrogen-bond acceptors (Lipinski definition) is 2. The van der Waals surface area contributed by atoms with Crippen molar-refractivity contribution in [2.75, 3.05) is 4.90 Å². The highest BCUT2D eigenvalue weighted by atomic mass is 15.3. The largest absolute Gasteiger partial charge is 0.320 e. The Bertz CT molecular complexity index is 542. The molecule has 0 spiro atoms. The lowest BCUT2D eigenvalue weighted by molar-refractivity contribution is 0.543. The number of anilines is 1. The predicted octanol–water partition coefficient (Wildman–Crippen LogP) is 2.81. The second-order valence-corrected chi connectivity index (χ2v) is 5.00. The van der Waals surface area contributed by atoms with Crippen molar-refractivity contribution in [3.63, 3.8) is 0 Å². The van der Waals surface area contributed by atoms with Crippen LogP contribution in [0.2, 0.25) is 0 Å². The van der Waals surface area contributed by atoms with Crippen molar-refractivity contribution >= 4 is 17.6 Å². The van der Waals surface area contributed by atoms with Gasteiger partial charge in [0.25, 0.3) is 0 Å². The molecule has 0 fully saturated rings. The van der Waals surface area contributed by atoms with E-state index in [1.54, 1.807) is 0 Å². The van der Waals surface area contributed by atoms with Crippen LogP contribution >= 0.6 is 0 Å². The van der Waals surface area contributed by atoms with Gasteiger partial charge in [-0.15, -0.1) is 0 Å².